The van der Waals surface area contributed by atoms with E-state index in [0.29, 0.717) is 24.2 Å². The molecular weight excluding hydrogens is 464 g/mol. The lowest BCUT2D eigenvalue weighted by Crippen LogP contribution is -2.43. The second-order valence-corrected chi connectivity index (χ2v) is 9.54. The largest absolute Gasteiger partial charge is 0.497 e. The molecule has 1 saturated heterocycles. The summed E-state index contributed by atoms with van der Waals surface area (Å²) >= 11 is 0. The third kappa shape index (κ3) is 5.05. The topological polar surface area (TPSA) is 128 Å². The smallest absolute Gasteiger partial charge is 0.337 e. The van der Waals surface area contributed by atoms with E-state index in [4.69, 9.17) is 14.2 Å². The van der Waals surface area contributed by atoms with Gasteiger partial charge >= 0.3 is 11.9 Å². The number of carbonyl (C=O) groups excluding carboxylic acids is 3. The predicted molar refractivity (Wildman–Crippen MR) is 122 cm³/mol. The van der Waals surface area contributed by atoms with Crippen molar-refractivity contribution in [1.82, 2.24) is 4.31 Å². The number of hydrogen-bond acceptors (Lipinski definition) is 8. The van der Waals surface area contributed by atoms with E-state index in [1.165, 1.54) is 45.6 Å². The summed E-state index contributed by atoms with van der Waals surface area (Å²) in [6.07, 6.45) is 0.810. The normalized spacial score (nSPS) is 16.1. The molecule has 0 aromatic heterocycles. The fraction of sp³-hybridized carbons (Fsp3) is 0.348. The van der Waals surface area contributed by atoms with Crippen molar-refractivity contribution in [2.75, 3.05) is 33.2 Å². The zero-order chi connectivity index (χ0) is 25.0. The number of nitrogens with zero attached hydrogens (tertiary/aromatic N) is 1. The van der Waals surface area contributed by atoms with E-state index in [0.717, 1.165) is 4.31 Å². The van der Waals surface area contributed by atoms with Gasteiger partial charge in [0.2, 0.25) is 15.9 Å². The van der Waals surface area contributed by atoms with Crippen LogP contribution in [0.25, 0.3) is 0 Å². The van der Waals surface area contributed by atoms with Gasteiger partial charge < -0.3 is 19.5 Å². The lowest BCUT2D eigenvalue weighted by atomic mass is 10.1. The van der Waals surface area contributed by atoms with E-state index < -0.39 is 33.9 Å². The van der Waals surface area contributed by atoms with Crippen LogP contribution in [0.5, 0.6) is 5.75 Å². The Bertz CT molecular complexity index is 1190. The minimum Gasteiger partial charge on any atom is -0.497 e. The lowest BCUT2D eigenvalue weighted by molar-refractivity contribution is -0.119. The molecule has 182 valence electrons. The van der Waals surface area contributed by atoms with Gasteiger partial charge in [0.05, 0.1) is 37.4 Å². The van der Waals surface area contributed by atoms with Crippen LogP contribution in [0.4, 0.5) is 5.69 Å². The molecule has 1 heterocycles. The molecule has 0 saturated carbocycles. The fourth-order valence-corrected chi connectivity index (χ4v) is 5.70. The van der Waals surface area contributed by atoms with Gasteiger partial charge in [-0.2, -0.15) is 4.31 Å². The Morgan fingerprint density at radius 1 is 0.971 bits per heavy atom. The molecule has 2 aromatic carbocycles. The Balaban J connectivity index is 1.92. The van der Waals surface area contributed by atoms with Crippen LogP contribution in [0.15, 0.2) is 41.3 Å². The number of amides is 1. The van der Waals surface area contributed by atoms with Crippen LogP contribution in [-0.2, 0) is 24.3 Å². The van der Waals surface area contributed by atoms with E-state index in [2.05, 4.69) is 5.32 Å². The van der Waals surface area contributed by atoms with Crippen molar-refractivity contribution < 1.29 is 37.0 Å². The summed E-state index contributed by atoms with van der Waals surface area (Å²) in [5, 5.41) is 2.63. The van der Waals surface area contributed by atoms with E-state index in [1.54, 1.807) is 19.1 Å². The molecule has 11 heteroatoms. The molecule has 1 N–H and O–H groups in total. The molecule has 1 atom stereocenters. The maximum atomic E-state index is 13.4. The van der Waals surface area contributed by atoms with Gasteiger partial charge in [-0.1, -0.05) is 6.07 Å². The monoisotopic (exact) mass is 490 g/mol. The fourth-order valence-electron chi connectivity index (χ4n) is 3.80. The molecule has 0 bridgehead atoms. The third-order valence-corrected chi connectivity index (χ3v) is 7.58. The number of hydrogen-bond donors (Lipinski definition) is 1. The average molecular weight is 491 g/mol. The number of esters is 2. The van der Waals surface area contributed by atoms with Crippen LogP contribution < -0.4 is 10.1 Å². The Hall–Kier alpha value is -3.44. The molecule has 0 aliphatic carbocycles. The van der Waals surface area contributed by atoms with Crippen molar-refractivity contribution in [3.63, 3.8) is 0 Å². The van der Waals surface area contributed by atoms with Crippen molar-refractivity contribution in [3.8, 4) is 5.75 Å². The van der Waals surface area contributed by atoms with Crippen molar-refractivity contribution >= 4 is 33.6 Å². The third-order valence-electron chi connectivity index (χ3n) is 5.53. The highest BCUT2D eigenvalue weighted by Gasteiger charge is 2.40. The van der Waals surface area contributed by atoms with Gasteiger partial charge in [0.15, 0.2) is 0 Å². The first kappa shape index (κ1) is 25.2. The van der Waals surface area contributed by atoms with E-state index in [9.17, 15) is 22.8 Å². The van der Waals surface area contributed by atoms with Gasteiger partial charge in [-0.05, 0) is 49.6 Å². The van der Waals surface area contributed by atoms with E-state index in [-0.39, 0.29) is 28.3 Å². The molecule has 1 amide bonds. The lowest BCUT2D eigenvalue weighted by Gasteiger charge is -2.24. The van der Waals surface area contributed by atoms with Crippen molar-refractivity contribution in [2.24, 2.45) is 0 Å². The minimum absolute atomic E-state index is 0.0311. The van der Waals surface area contributed by atoms with Crippen LogP contribution in [0.2, 0.25) is 0 Å². The minimum atomic E-state index is -4.00. The first-order valence-electron chi connectivity index (χ1n) is 10.4. The van der Waals surface area contributed by atoms with Gasteiger partial charge in [0.25, 0.3) is 0 Å². The van der Waals surface area contributed by atoms with Crippen LogP contribution >= 0.6 is 0 Å². The highest BCUT2D eigenvalue weighted by Crippen LogP contribution is 2.31. The van der Waals surface area contributed by atoms with Crippen LogP contribution in [-0.4, -0.2) is 64.5 Å². The molecule has 0 radical (unpaired) electrons. The molecule has 0 unspecified atom stereocenters. The summed E-state index contributed by atoms with van der Waals surface area (Å²) in [6, 6.07) is 7.73. The second-order valence-electron chi connectivity index (χ2n) is 7.68. The number of nitrogens with one attached hydrogen (secondary N) is 1. The van der Waals surface area contributed by atoms with Gasteiger partial charge in [-0.15, -0.1) is 0 Å². The number of sulfonamides is 1. The first-order chi connectivity index (χ1) is 16.1. The summed E-state index contributed by atoms with van der Waals surface area (Å²) in [7, 11) is -0.177. The zero-order valence-corrected chi connectivity index (χ0v) is 20.1. The number of ether oxygens (including phenoxy) is 3. The SMILES string of the molecule is COC(=O)c1cc(NC(=O)[C@H]2CCCN2S(=O)(=O)c2cc(OC)ccc2C)cc(C(=O)OC)c1. The van der Waals surface area contributed by atoms with Gasteiger partial charge in [0.1, 0.15) is 11.8 Å². The van der Waals surface area contributed by atoms with Crippen LogP contribution in [0.1, 0.15) is 39.1 Å². The highest BCUT2D eigenvalue weighted by molar-refractivity contribution is 7.89. The van der Waals surface area contributed by atoms with Gasteiger partial charge in [-0.3, -0.25) is 4.79 Å². The van der Waals surface area contributed by atoms with Gasteiger partial charge in [0, 0.05) is 18.3 Å². The maximum Gasteiger partial charge on any atom is 0.337 e. The molecule has 2 aromatic rings. The van der Waals surface area contributed by atoms with Crippen LogP contribution in [0, 0.1) is 6.92 Å². The van der Waals surface area contributed by atoms with Crippen molar-refractivity contribution in [3.05, 3.63) is 53.1 Å². The molecule has 3 rings (SSSR count). The molecule has 34 heavy (non-hydrogen) atoms. The zero-order valence-electron chi connectivity index (χ0n) is 19.3. The van der Waals surface area contributed by atoms with E-state index >= 15 is 0 Å². The van der Waals surface area contributed by atoms with E-state index in [1.807, 2.05) is 0 Å². The Morgan fingerprint density at radius 3 is 2.15 bits per heavy atom. The Morgan fingerprint density at radius 2 is 1.59 bits per heavy atom. The van der Waals surface area contributed by atoms with Crippen molar-refractivity contribution in [2.45, 2.75) is 30.7 Å². The Kier molecular flexibility index (Phi) is 7.57. The summed E-state index contributed by atoms with van der Waals surface area (Å²) in [5.74, 6) is -1.61. The number of aryl methyl sites for hydroxylation is 1. The Labute approximate surface area is 197 Å². The summed E-state index contributed by atoms with van der Waals surface area (Å²) in [5.41, 5.74) is 0.725. The van der Waals surface area contributed by atoms with Crippen molar-refractivity contribution in [1.29, 1.82) is 0 Å². The molecule has 0 spiro atoms. The number of methoxy groups -OCH3 is 3. The quantitative estimate of drug-likeness (QED) is 0.586. The molecule has 1 fully saturated rings. The number of carbonyl (C=O) groups is 3. The van der Waals surface area contributed by atoms with Crippen LogP contribution in [0.3, 0.4) is 0 Å². The first-order valence-corrected chi connectivity index (χ1v) is 11.9. The van der Waals surface area contributed by atoms with Gasteiger partial charge in [-0.25, -0.2) is 18.0 Å². The summed E-state index contributed by atoms with van der Waals surface area (Å²) in [6.45, 7) is 1.84. The molecule has 10 nitrogen and oxygen atoms in total. The molecule has 1 aliphatic heterocycles. The summed E-state index contributed by atoms with van der Waals surface area (Å²) in [4.78, 5) is 37.2. The standard InChI is InChI=1S/C23H26N2O8S/c1-14-7-8-18(31-2)13-20(14)34(29,30)25-9-5-6-19(25)21(26)24-17-11-15(22(27)32-3)10-16(12-17)23(28)33-4/h7-8,10-13,19H,5-6,9H2,1-4H3,(H,24,26)/t19-/m1/s1. The average Bonchev–Trinajstić information content (AvgIpc) is 3.34. The number of benzene rings is 2. The maximum absolute atomic E-state index is 13.4. The summed E-state index contributed by atoms with van der Waals surface area (Å²) < 4.78 is 42.6. The predicted octanol–water partition coefficient (Wildman–Crippen LogP) is 2.37. The molecule has 1 aliphatic rings. The molecular formula is C23H26N2O8S. The number of anilines is 1. The second kappa shape index (κ2) is 10.2. The number of rotatable bonds is 7. The highest BCUT2D eigenvalue weighted by atomic mass is 32.2.